The first kappa shape index (κ1) is 25.8. The van der Waals surface area contributed by atoms with Gasteiger partial charge >= 0.3 is 0 Å². The number of H-pyrrole nitrogens is 1. The minimum absolute atomic E-state index is 0. The standard InChI is InChI=1S/C36H29NO2P2.H2/c38-40(27-13-5-1-6-14-27,28-15-7-2-8-16-28)31-21-23-35-33(25-31)34-26-32(22-24-36(34)37-35)41(39,29-17-9-3-10-18-29)30-19-11-4-12-20-30;/h1-3,5-11,13-26,37H,4,12H2;1H. The minimum Gasteiger partial charge on any atom is -0.355 e. The van der Waals surface area contributed by atoms with Crippen molar-refractivity contribution in [3.05, 3.63) is 151 Å². The fourth-order valence-electron chi connectivity index (χ4n) is 5.91. The summed E-state index contributed by atoms with van der Waals surface area (Å²) in [6, 6.07) is 41.4. The van der Waals surface area contributed by atoms with E-state index in [9.17, 15) is 0 Å². The zero-order valence-corrected chi connectivity index (χ0v) is 24.3. The maximum atomic E-state index is 15.1. The Morgan fingerprint density at radius 2 is 0.976 bits per heavy atom. The van der Waals surface area contributed by atoms with Crippen LogP contribution in [-0.4, -0.2) is 4.98 Å². The summed E-state index contributed by atoms with van der Waals surface area (Å²) in [7, 11) is -6.23. The third kappa shape index (κ3) is 4.29. The molecular weight excluding hydrogens is 540 g/mol. The van der Waals surface area contributed by atoms with Gasteiger partial charge in [0.1, 0.15) is 0 Å². The highest BCUT2D eigenvalue weighted by atomic mass is 31.2. The summed E-state index contributed by atoms with van der Waals surface area (Å²) >= 11 is 0. The van der Waals surface area contributed by atoms with Crippen molar-refractivity contribution < 1.29 is 10.6 Å². The lowest BCUT2D eigenvalue weighted by molar-refractivity contribution is 0.590. The maximum Gasteiger partial charge on any atom is 0.171 e. The molecule has 41 heavy (non-hydrogen) atoms. The van der Waals surface area contributed by atoms with Gasteiger partial charge in [-0.15, -0.1) is 0 Å². The maximum absolute atomic E-state index is 15.1. The SMILES string of the molecule is O=P(C1=CCCC=C1)(c1ccccc1)c1ccc2[nH]c3ccc(P(=O)(c4ccccc4)c4ccccc4)cc3c2c1.[HH]. The Labute approximate surface area is 241 Å². The summed E-state index contributed by atoms with van der Waals surface area (Å²) in [4.78, 5) is 3.53. The highest BCUT2D eigenvalue weighted by molar-refractivity contribution is 7.85. The average Bonchev–Trinajstić information content (AvgIpc) is 3.43. The summed E-state index contributed by atoms with van der Waals surface area (Å²) in [6.07, 6.45) is 8.12. The molecule has 1 unspecified atom stereocenters. The van der Waals surface area contributed by atoms with Crippen LogP contribution in [0.5, 0.6) is 0 Å². The van der Waals surface area contributed by atoms with E-state index in [4.69, 9.17) is 0 Å². The molecule has 1 aromatic heterocycles. The molecule has 1 aliphatic carbocycles. The van der Waals surface area contributed by atoms with Gasteiger partial charge in [0.15, 0.2) is 14.3 Å². The summed E-state index contributed by atoms with van der Waals surface area (Å²) in [5.74, 6) is 0. The molecule has 0 spiro atoms. The number of rotatable bonds is 6. The van der Waals surface area contributed by atoms with E-state index in [1.165, 1.54) is 0 Å². The van der Waals surface area contributed by atoms with Crippen LogP contribution in [0.25, 0.3) is 21.8 Å². The zero-order chi connectivity index (χ0) is 27.9. The summed E-state index contributed by atoms with van der Waals surface area (Å²) < 4.78 is 30.2. The fraction of sp³-hybridized carbons (Fsp3) is 0.0556. The van der Waals surface area contributed by atoms with Crippen molar-refractivity contribution in [2.45, 2.75) is 12.8 Å². The van der Waals surface area contributed by atoms with E-state index in [2.05, 4.69) is 29.3 Å². The molecule has 0 saturated heterocycles. The number of hydrogen-bond acceptors (Lipinski definition) is 2. The molecule has 0 bridgehead atoms. The topological polar surface area (TPSA) is 49.9 Å². The van der Waals surface area contributed by atoms with Crippen molar-refractivity contribution in [3.8, 4) is 0 Å². The number of aromatic nitrogens is 1. The Morgan fingerprint density at radius 3 is 1.44 bits per heavy atom. The van der Waals surface area contributed by atoms with Crippen molar-refractivity contribution in [1.29, 1.82) is 0 Å². The first-order valence-corrected chi connectivity index (χ1v) is 17.3. The van der Waals surface area contributed by atoms with Crippen LogP contribution >= 0.6 is 14.3 Å². The fourth-order valence-corrected chi connectivity index (χ4v) is 11.4. The first-order chi connectivity index (χ1) is 20.1. The number of nitrogens with one attached hydrogen (secondary N) is 1. The van der Waals surface area contributed by atoms with E-state index >= 15 is 9.13 Å². The first-order valence-electron chi connectivity index (χ1n) is 13.9. The average molecular weight is 572 g/mol. The molecular formula is C36H31NO2P2. The number of hydrogen-bond donors (Lipinski definition) is 1. The number of benzene rings is 5. The van der Waals surface area contributed by atoms with Gasteiger partial charge in [0, 0.05) is 55.1 Å². The lowest BCUT2D eigenvalue weighted by Gasteiger charge is -2.22. The molecule has 1 atom stereocenters. The summed E-state index contributed by atoms with van der Waals surface area (Å²) in [5.41, 5.74) is 1.92. The van der Waals surface area contributed by atoms with Gasteiger partial charge in [-0.1, -0.05) is 109 Å². The van der Waals surface area contributed by atoms with E-state index < -0.39 is 14.3 Å². The Hall–Kier alpha value is -4.16. The van der Waals surface area contributed by atoms with Gasteiger partial charge < -0.3 is 14.1 Å². The summed E-state index contributed by atoms with van der Waals surface area (Å²) in [6.45, 7) is 0. The van der Waals surface area contributed by atoms with Crippen LogP contribution in [0.3, 0.4) is 0 Å². The molecule has 5 heteroatoms. The number of aromatic amines is 1. The molecule has 0 radical (unpaired) electrons. The third-order valence-electron chi connectivity index (χ3n) is 7.99. The monoisotopic (exact) mass is 571 g/mol. The predicted molar refractivity (Wildman–Crippen MR) is 177 cm³/mol. The van der Waals surface area contributed by atoms with E-state index in [1.807, 2.05) is 121 Å². The Morgan fingerprint density at radius 1 is 0.512 bits per heavy atom. The lowest BCUT2D eigenvalue weighted by Crippen LogP contribution is -2.24. The Balaban J connectivity index is 0.00000316. The molecule has 1 aliphatic rings. The van der Waals surface area contributed by atoms with E-state index in [0.29, 0.717) is 0 Å². The van der Waals surface area contributed by atoms with Crippen LogP contribution in [0.4, 0.5) is 0 Å². The van der Waals surface area contributed by atoms with Gasteiger partial charge in [0.2, 0.25) is 0 Å². The number of allylic oxidation sites excluding steroid dienone is 4. The molecule has 6 aromatic rings. The Kier molecular flexibility index (Phi) is 6.51. The van der Waals surface area contributed by atoms with Gasteiger partial charge in [-0.05, 0) is 49.2 Å². The molecule has 0 fully saturated rings. The zero-order valence-electron chi connectivity index (χ0n) is 22.5. The normalized spacial score (nSPS) is 15.1. The smallest absolute Gasteiger partial charge is 0.171 e. The van der Waals surface area contributed by atoms with Crippen molar-refractivity contribution in [2.24, 2.45) is 0 Å². The molecule has 0 amide bonds. The second-order valence-corrected chi connectivity index (χ2v) is 16.0. The third-order valence-corrected chi connectivity index (χ3v) is 14.1. The largest absolute Gasteiger partial charge is 0.355 e. The van der Waals surface area contributed by atoms with Crippen LogP contribution < -0.4 is 26.5 Å². The van der Waals surface area contributed by atoms with Crippen LogP contribution in [0.15, 0.2) is 151 Å². The van der Waals surface area contributed by atoms with Crippen LogP contribution in [0.2, 0.25) is 0 Å². The highest BCUT2D eigenvalue weighted by Crippen LogP contribution is 2.54. The van der Waals surface area contributed by atoms with Crippen molar-refractivity contribution in [3.63, 3.8) is 0 Å². The van der Waals surface area contributed by atoms with Gasteiger partial charge in [-0.3, -0.25) is 0 Å². The highest BCUT2D eigenvalue weighted by Gasteiger charge is 2.32. The van der Waals surface area contributed by atoms with Gasteiger partial charge in [0.05, 0.1) is 0 Å². The van der Waals surface area contributed by atoms with E-state index in [-0.39, 0.29) is 1.43 Å². The van der Waals surface area contributed by atoms with Crippen LogP contribution in [0, 0.1) is 0 Å². The van der Waals surface area contributed by atoms with Crippen LogP contribution in [0.1, 0.15) is 14.3 Å². The molecule has 0 aliphatic heterocycles. The predicted octanol–water partition coefficient (Wildman–Crippen LogP) is 7.75. The van der Waals surface area contributed by atoms with E-state index in [1.54, 1.807) is 0 Å². The molecule has 7 rings (SSSR count). The van der Waals surface area contributed by atoms with Crippen molar-refractivity contribution in [2.75, 3.05) is 0 Å². The Bertz CT molecular complexity index is 2000. The van der Waals surface area contributed by atoms with Crippen molar-refractivity contribution >= 4 is 62.6 Å². The van der Waals surface area contributed by atoms with Gasteiger partial charge in [-0.2, -0.15) is 0 Å². The lowest BCUT2D eigenvalue weighted by atomic mass is 10.1. The number of fused-ring (bicyclic) bond motifs is 3. The van der Waals surface area contributed by atoms with Crippen molar-refractivity contribution in [1.82, 2.24) is 4.98 Å². The molecule has 0 saturated carbocycles. The van der Waals surface area contributed by atoms with Crippen LogP contribution in [-0.2, 0) is 9.13 Å². The molecule has 1 N–H and O–H groups in total. The quantitative estimate of drug-likeness (QED) is 0.208. The van der Waals surface area contributed by atoms with Gasteiger partial charge in [-0.25, -0.2) is 0 Å². The molecule has 1 heterocycles. The summed E-state index contributed by atoms with van der Waals surface area (Å²) in [5, 5.41) is 6.84. The minimum atomic E-state index is -3.14. The second-order valence-electron chi connectivity index (χ2n) is 10.4. The molecule has 202 valence electrons. The second kappa shape index (κ2) is 10.3. The van der Waals surface area contributed by atoms with E-state index in [0.717, 1.165) is 66.5 Å². The molecule has 3 nitrogen and oxygen atoms in total. The molecule has 5 aromatic carbocycles. The van der Waals surface area contributed by atoms with Gasteiger partial charge in [0.25, 0.3) is 0 Å².